The third-order valence-electron chi connectivity index (χ3n) is 2.42. The number of carboxylic acid groups (broad SMARTS) is 1. The van der Waals surface area contributed by atoms with Crippen molar-refractivity contribution in [2.24, 2.45) is 5.10 Å². The number of nitrogens with one attached hydrogen (secondary N) is 1. The molecule has 1 amide bonds. The standard InChI is InChI=1S/C9H11N3O.C7H6O3/c1-7(2)11-12-9(13)8-3-5-10-6-4-8;8-6-3-1-2-5(4-6)7(9)10/h3-6H,1-2H3,(H,12,13);1-4,8H,(H,9,10). The van der Waals surface area contributed by atoms with Gasteiger partial charge in [0.15, 0.2) is 0 Å². The highest BCUT2D eigenvalue weighted by molar-refractivity contribution is 5.94. The van der Waals surface area contributed by atoms with Crippen LogP contribution in [0.1, 0.15) is 34.6 Å². The van der Waals surface area contributed by atoms with Crippen LogP contribution in [0, 0.1) is 0 Å². The van der Waals surface area contributed by atoms with E-state index in [9.17, 15) is 9.59 Å². The van der Waals surface area contributed by atoms with E-state index in [0.29, 0.717) is 5.56 Å². The number of carbonyl (C=O) groups is 2. The molecule has 1 aromatic heterocycles. The van der Waals surface area contributed by atoms with Crippen molar-refractivity contribution >= 4 is 17.6 Å². The first-order valence-electron chi connectivity index (χ1n) is 6.63. The Morgan fingerprint density at radius 1 is 1.09 bits per heavy atom. The van der Waals surface area contributed by atoms with E-state index in [2.05, 4.69) is 15.5 Å². The van der Waals surface area contributed by atoms with Gasteiger partial charge >= 0.3 is 5.97 Å². The molecule has 3 N–H and O–H groups in total. The molecule has 120 valence electrons. The molecular weight excluding hydrogens is 298 g/mol. The van der Waals surface area contributed by atoms with Crippen LogP contribution in [0.4, 0.5) is 0 Å². The number of amides is 1. The molecule has 0 unspecified atom stereocenters. The molecule has 0 aliphatic rings. The molecular formula is C16H17N3O4. The molecule has 2 aromatic rings. The van der Waals surface area contributed by atoms with E-state index in [1.54, 1.807) is 24.5 Å². The van der Waals surface area contributed by atoms with Gasteiger partial charge in [-0.15, -0.1) is 0 Å². The minimum atomic E-state index is -1.03. The summed E-state index contributed by atoms with van der Waals surface area (Å²) in [5.41, 5.74) is 3.88. The Bertz CT molecular complexity index is 695. The Hall–Kier alpha value is -3.22. The van der Waals surface area contributed by atoms with Crippen molar-refractivity contribution in [3.63, 3.8) is 0 Å². The fourth-order valence-corrected chi connectivity index (χ4v) is 1.37. The van der Waals surface area contributed by atoms with E-state index in [4.69, 9.17) is 10.2 Å². The molecule has 0 saturated heterocycles. The van der Waals surface area contributed by atoms with Crippen LogP contribution in [0.5, 0.6) is 5.75 Å². The largest absolute Gasteiger partial charge is 0.508 e. The maximum atomic E-state index is 11.3. The van der Waals surface area contributed by atoms with Crippen LogP contribution in [0.3, 0.4) is 0 Å². The van der Waals surface area contributed by atoms with Crippen LogP contribution in [-0.2, 0) is 0 Å². The monoisotopic (exact) mass is 315 g/mol. The number of phenols is 1. The molecule has 0 radical (unpaired) electrons. The van der Waals surface area contributed by atoms with Gasteiger partial charge in [0.25, 0.3) is 5.91 Å². The Labute approximate surface area is 133 Å². The molecule has 0 saturated carbocycles. The van der Waals surface area contributed by atoms with E-state index >= 15 is 0 Å². The van der Waals surface area contributed by atoms with E-state index in [1.165, 1.54) is 24.3 Å². The SMILES string of the molecule is CC(C)=NNC(=O)c1ccncc1.O=C(O)c1cccc(O)c1. The molecule has 7 nitrogen and oxygen atoms in total. The number of aromatic nitrogens is 1. The van der Waals surface area contributed by atoms with Crippen LogP contribution in [0.2, 0.25) is 0 Å². The predicted molar refractivity (Wildman–Crippen MR) is 85.6 cm³/mol. The van der Waals surface area contributed by atoms with E-state index < -0.39 is 5.97 Å². The Balaban J connectivity index is 0.000000238. The number of phenolic OH excluding ortho intramolecular Hbond substituents is 1. The van der Waals surface area contributed by atoms with Gasteiger partial charge in [-0.05, 0) is 44.2 Å². The summed E-state index contributed by atoms with van der Waals surface area (Å²) in [6, 6.07) is 8.79. The highest BCUT2D eigenvalue weighted by Gasteiger charge is 2.02. The molecule has 1 heterocycles. The van der Waals surface area contributed by atoms with E-state index in [1.807, 2.05) is 13.8 Å². The molecule has 7 heteroatoms. The average Bonchev–Trinajstić information content (AvgIpc) is 2.54. The summed E-state index contributed by atoms with van der Waals surface area (Å²) >= 11 is 0. The predicted octanol–water partition coefficient (Wildman–Crippen LogP) is 2.30. The lowest BCUT2D eigenvalue weighted by atomic mass is 10.2. The maximum absolute atomic E-state index is 11.3. The number of nitrogens with zero attached hydrogens (tertiary/aromatic N) is 2. The number of aromatic hydroxyl groups is 1. The van der Waals surface area contributed by atoms with Gasteiger partial charge in [0, 0.05) is 23.7 Å². The zero-order valence-corrected chi connectivity index (χ0v) is 12.7. The molecule has 2 rings (SSSR count). The van der Waals surface area contributed by atoms with Crippen molar-refractivity contribution in [1.29, 1.82) is 0 Å². The van der Waals surface area contributed by atoms with E-state index in [-0.39, 0.29) is 17.2 Å². The fourth-order valence-electron chi connectivity index (χ4n) is 1.37. The summed E-state index contributed by atoms with van der Waals surface area (Å²) in [5, 5.41) is 21.0. The van der Waals surface area contributed by atoms with Gasteiger partial charge in [0.1, 0.15) is 5.75 Å². The molecule has 23 heavy (non-hydrogen) atoms. The van der Waals surface area contributed by atoms with Crippen molar-refractivity contribution in [3.8, 4) is 5.75 Å². The number of pyridine rings is 1. The molecule has 1 aromatic carbocycles. The highest BCUT2D eigenvalue weighted by Crippen LogP contribution is 2.09. The summed E-state index contributed by atoms with van der Waals surface area (Å²) in [5.74, 6) is -1.28. The maximum Gasteiger partial charge on any atom is 0.335 e. The smallest absolute Gasteiger partial charge is 0.335 e. The summed E-state index contributed by atoms with van der Waals surface area (Å²) in [4.78, 5) is 25.4. The average molecular weight is 315 g/mol. The molecule has 0 atom stereocenters. The number of carbonyl (C=O) groups excluding carboxylic acids is 1. The van der Waals surface area contributed by atoms with Gasteiger partial charge in [-0.2, -0.15) is 5.10 Å². The number of hydrazone groups is 1. The lowest BCUT2D eigenvalue weighted by Crippen LogP contribution is -2.18. The van der Waals surface area contributed by atoms with Gasteiger partial charge in [0.05, 0.1) is 5.56 Å². The van der Waals surface area contributed by atoms with Crippen LogP contribution < -0.4 is 5.43 Å². The normalized spacial score (nSPS) is 9.13. The van der Waals surface area contributed by atoms with Crippen molar-refractivity contribution in [1.82, 2.24) is 10.4 Å². The summed E-state index contributed by atoms with van der Waals surface area (Å²) in [6.07, 6.45) is 3.13. The molecule has 0 fully saturated rings. The molecule has 0 aliphatic heterocycles. The molecule has 0 aliphatic carbocycles. The number of hydrogen-bond acceptors (Lipinski definition) is 5. The first-order chi connectivity index (χ1) is 10.9. The van der Waals surface area contributed by atoms with Crippen LogP contribution >= 0.6 is 0 Å². The third kappa shape index (κ3) is 6.85. The minimum Gasteiger partial charge on any atom is -0.508 e. The summed E-state index contributed by atoms with van der Waals surface area (Å²) < 4.78 is 0. The van der Waals surface area contributed by atoms with Crippen molar-refractivity contribution < 1.29 is 19.8 Å². The Morgan fingerprint density at radius 2 is 1.74 bits per heavy atom. The number of benzene rings is 1. The van der Waals surface area contributed by atoms with Gasteiger partial charge < -0.3 is 10.2 Å². The van der Waals surface area contributed by atoms with Gasteiger partial charge in [-0.3, -0.25) is 9.78 Å². The zero-order chi connectivity index (χ0) is 17.2. The van der Waals surface area contributed by atoms with Crippen LogP contribution in [-0.4, -0.2) is 32.8 Å². The summed E-state index contributed by atoms with van der Waals surface area (Å²) in [7, 11) is 0. The van der Waals surface area contributed by atoms with Crippen molar-refractivity contribution in [2.75, 3.05) is 0 Å². The second-order valence-electron chi connectivity index (χ2n) is 4.59. The minimum absolute atomic E-state index is 0.0279. The first kappa shape index (κ1) is 17.8. The first-order valence-corrected chi connectivity index (χ1v) is 6.63. The van der Waals surface area contributed by atoms with Gasteiger partial charge in [0.2, 0.25) is 0 Å². The lowest BCUT2D eigenvalue weighted by molar-refractivity contribution is 0.0696. The zero-order valence-electron chi connectivity index (χ0n) is 12.7. The lowest BCUT2D eigenvalue weighted by Gasteiger charge is -1.98. The van der Waals surface area contributed by atoms with Gasteiger partial charge in [-0.1, -0.05) is 6.07 Å². The summed E-state index contributed by atoms with van der Waals surface area (Å²) in [6.45, 7) is 3.62. The third-order valence-corrected chi connectivity index (χ3v) is 2.42. The second-order valence-corrected chi connectivity index (χ2v) is 4.59. The fraction of sp³-hybridized carbons (Fsp3) is 0.125. The Morgan fingerprint density at radius 3 is 2.22 bits per heavy atom. The second kappa shape index (κ2) is 8.93. The number of hydrogen-bond donors (Lipinski definition) is 3. The van der Waals surface area contributed by atoms with Crippen LogP contribution in [0.25, 0.3) is 0 Å². The van der Waals surface area contributed by atoms with Gasteiger partial charge in [-0.25, -0.2) is 10.2 Å². The van der Waals surface area contributed by atoms with E-state index in [0.717, 1.165) is 5.71 Å². The quantitative estimate of drug-likeness (QED) is 0.594. The van der Waals surface area contributed by atoms with Crippen molar-refractivity contribution in [2.45, 2.75) is 13.8 Å². The molecule has 0 spiro atoms. The van der Waals surface area contributed by atoms with Crippen LogP contribution in [0.15, 0.2) is 53.9 Å². The Kier molecular flexibility index (Phi) is 6.93. The number of rotatable bonds is 3. The van der Waals surface area contributed by atoms with Crippen molar-refractivity contribution in [3.05, 3.63) is 59.9 Å². The molecule has 0 bridgehead atoms. The highest BCUT2D eigenvalue weighted by atomic mass is 16.4. The number of carboxylic acids is 1. The number of aromatic carboxylic acids is 1. The topological polar surface area (TPSA) is 112 Å².